The van der Waals surface area contributed by atoms with Gasteiger partial charge in [0.2, 0.25) is 5.91 Å². The Morgan fingerprint density at radius 3 is 1.96 bits per heavy atom. The number of nitrogens with one attached hydrogen (secondary N) is 3. The highest BCUT2D eigenvalue weighted by atomic mass is 16.2. The topological polar surface area (TPSA) is 87.3 Å². The molecule has 6 nitrogen and oxygen atoms in total. The zero-order valence-corrected chi connectivity index (χ0v) is 14.4. The minimum atomic E-state index is -0.334. The predicted octanol–water partition coefficient (Wildman–Crippen LogP) is 3.04. The van der Waals surface area contributed by atoms with Crippen molar-refractivity contribution in [2.45, 2.75) is 26.8 Å². The van der Waals surface area contributed by atoms with Crippen LogP contribution in [0.3, 0.4) is 0 Å². The van der Waals surface area contributed by atoms with Crippen molar-refractivity contribution >= 4 is 29.1 Å². The van der Waals surface area contributed by atoms with E-state index in [1.807, 2.05) is 13.8 Å². The molecular formula is C19H21N3O3. The molecule has 2 aromatic carbocycles. The van der Waals surface area contributed by atoms with Crippen LogP contribution in [0, 0.1) is 0 Å². The van der Waals surface area contributed by atoms with Gasteiger partial charge in [-0.3, -0.25) is 14.4 Å². The standard InChI is InChI=1S/C19H21N3O3/c1-12(2)20-18(24)14-6-4-7-15(10-14)19(25)22-17-9-5-8-16(11-17)21-13(3)23/h4-12H,1-3H3,(H,20,24)(H,21,23)(H,22,25). The minimum absolute atomic E-state index is 0.0153. The van der Waals surface area contributed by atoms with Gasteiger partial charge in [-0.1, -0.05) is 12.1 Å². The fraction of sp³-hybridized carbons (Fsp3) is 0.211. The largest absolute Gasteiger partial charge is 0.350 e. The normalized spacial score (nSPS) is 10.2. The molecule has 3 amide bonds. The zero-order valence-electron chi connectivity index (χ0n) is 14.4. The van der Waals surface area contributed by atoms with Crippen molar-refractivity contribution in [1.82, 2.24) is 5.32 Å². The lowest BCUT2D eigenvalue weighted by Crippen LogP contribution is -2.30. The summed E-state index contributed by atoms with van der Waals surface area (Å²) in [5.41, 5.74) is 1.94. The smallest absolute Gasteiger partial charge is 0.255 e. The van der Waals surface area contributed by atoms with Gasteiger partial charge in [-0.25, -0.2) is 0 Å². The second kappa shape index (κ2) is 8.10. The van der Waals surface area contributed by atoms with Crippen LogP contribution in [0.2, 0.25) is 0 Å². The Morgan fingerprint density at radius 1 is 0.800 bits per heavy atom. The zero-order chi connectivity index (χ0) is 18.4. The van der Waals surface area contributed by atoms with Crippen LogP contribution in [0.15, 0.2) is 48.5 Å². The molecule has 0 atom stereocenters. The van der Waals surface area contributed by atoms with Crippen LogP contribution in [0.25, 0.3) is 0 Å². The van der Waals surface area contributed by atoms with Crippen molar-refractivity contribution in [3.8, 4) is 0 Å². The first-order valence-electron chi connectivity index (χ1n) is 7.95. The predicted molar refractivity (Wildman–Crippen MR) is 97.7 cm³/mol. The van der Waals surface area contributed by atoms with E-state index in [2.05, 4.69) is 16.0 Å². The van der Waals surface area contributed by atoms with Gasteiger partial charge in [0.1, 0.15) is 0 Å². The molecule has 6 heteroatoms. The molecule has 2 aromatic rings. The highest BCUT2D eigenvalue weighted by Gasteiger charge is 2.11. The van der Waals surface area contributed by atoms with Gasteiger partial charge in [-0.15, -0.1) is 0 Å². The van der Waals surface area contributed by atoms with E-state index < -0.39 is 0 Å². The van der Waals surface area contributed by atoms with Gasteiger partial charge in [0.25, 0.3) is 11.8 Å². The molecule has 0 aromatic heterocycles. The first-order valence-corrected chi connectivity index (χ1v) is 7.95. The third kappa shape index (κ3) is 5.46. The Balaban J connectivity index is 2.13. The van der Waals surface area contributed by atoms with Gasteiger partial charge in [0.05, 0.1) is 0 Å². The van der Waals surface area contributed by atoms with E-state index in [0.717, 1.165) is 0 Å². The van der Waals surface area contributed by atoms with Crippen LogP contribution < -0.4 is 16.0 Å². The summed E-state index contributed by atoms with van der Waals surface area (Å²) < 4.78 is 0. The first kappa shape index (κ1) is 18.2. The second-order valence-electron chi connectivity index (χ2n) is 5.93. The fourth-order valence-electron chi connectivity index (χ4n) is 2.23. The van der Waals surface area contributed by atoms with E-state index in [1.165, 1.54) is 6.92 Å². The van der Waals surface area contributed by atoms with Crippen LogP contribution in [-0.4, -0.2) is 23.8 Å². The molecule has 0 radical (unpaired) electrons. The number of carbonyl (C=O) groups excluding carboxylic acids is 3. The Bertz CT molecular complexity index is 800. The van der Waals surface area contributed by atoms with Crippen LogP contribution in [0.5, 0.6) is 0 Å². The molecule has 0 spiro atoms. The molecule has 0 aliphatic rings. The maximum absolute atomic E-state index is 12.4. The van der Waals surface area contributed by atoms with Gasteiger partial charge in [0.15, 0.2) is 0 Å². The lowest BCUT2D eigenvalue weighted by Gasteiger charge is -2.10. The first-order chi connectivity index (χ1) is 11.8. The molecule has 0 heterocycles. The maximum Gasteiger partial charge on any atom is 0.255 e. The van der Waals surface area contributed by atoms with Crippen molar-refractivity contribution in [3.05, 3.63) is 59.7 Å². The minimum Gasteiger partial charge on any atom is -0.350 e. The number of carbonyl (C=O) groups is 3. The highest BCUT2D eigenvalue weighted by Crippen LogP contribution is 2.16. The van der Waals surface area contributed by atoms with E-state index >= 15 is 0 Å². The number of amides is 3. The van der Waals surface area contributed by atoms with Crippen LogP contribution in [-0.2, 0) is 4.79 Å². The fourth-order valence-corrected chi connectivity index (χ4v) is 2.23. The molecule has 25 heavy (non-hydrogen) atoms. The molecular weight excluding hydrogens is 318 g/mol. The van der Waals surface area contributed by atoms with Crippen LogP contribution >= 0.6 is 0 Å². The van der Waals surface area contributed by atoms with Gasteiger partial charge in [-0.2, -0.15) is 0 Å². The molecule has 0 saturated heterocycles. The van der Waals surface area contributed by atoms with E-state index in [0.29, 0.717) is 22.5 Å². The maximum atomic E-state index is 12.4. The van der Waals surface area contributed by atoms with Crippen molar-refractivity contribution < 1.29 is 14.4 Å². The highest BCUT2D eigenvalue weighted by molar-refractivity contribution is 6.06. The number of anilines is 2. The molecule has 0 aliphatic carbocycles. The third-order valence-corrected chi connectivity index (χ3v) is 3.25. The monoisotopic (exact) mass is 339 g/mol. The van der Waals surface area contributed by atoms with E-state index in [9.17, 15) is 14.4 Å². The van der Waals surface area contributed by atoms with Crippen molar-refractivity contribution in [2.75, 3.05) is 10.6 Å². The van der Waals surface area contributed by atoms with Crippen LogP contribution in [0.4, 0.5) is 11.4 Å². The summed E-state index contributed by atoms with van der Waals surface area (Å²) in [6.07, 6.45) is 0. The molecule has 130 valence electrons. The summed E-state index contributed by atoms with van der Waals surface area (Å²) in [7, 11) is 0. The SMILES string of the molecule is CC(=O)Nc1cccc(NC(=O)c2cccc(C(=O)NC(C)C)c2)c1. The molecule has 0 saturated carbocycles. The Hall–Kier alpha value is -3.15. The number of benzene rings is 2. The van der Waals surface area contributed by atoms with Crippen LogP contribution in [0.1, 0.15) is 41.5 Å². The van der Waals surface area contributed by atoms with E-state index in [1.54, 1.807) is 48.5 Å². The van der Waals surface area contributed by atoms with Gasteiger partial charge < -0.3 is 16.0 Å². The molecule has 2 rings (SSSR count). The van der Waals surface area contributed by atoms with Crippen molar-refractivity contribution in [3.63, 3.8) is 0 Å². The number of hydrogen-bond donors (Lipinski definition) is 3. The average molecular weight is 339 g/mol. The number of rotatable bonds is 5. The van der Waals surface area contributed by atoms with E-state index in [-0.39, 0.29) is 23.8 Å². The van der Waals surface area contributed by atoms with Gasteiger partial charge in [0, 0.05) is 35.5 Å². The Labute approximate surface area is 146 Å². The van der Waals surface area contributed by atoms with E-state index in [4.69, 9.17) is 0 Å². The van der Waals surface area contributed by atoms with Crippen molar-refractivity contribution in [1.29, 1.82) is 0 Å². The summed E-state index contributed by atoms with van der Waals surface area (Å²) in [5.74, 6) is -0.746. The molecule has 0 unspecified atom stereocenters. The van der Waals surface area contributed by atoms with Crippen molar-refractivity contribution in [2.24, 2.45) is 0 Å². The average Bonchev–Trinajstić information content (AvgIpc) is 2.54. The molecule has 0 fully saturated rings. The van der Waals surface area contributed by atoms with Gasteiger partial charge in [-0.05, 0) is 50.2 Å². The summed E-state index contributed by atoms with van der Waals surface area (Å²) in [4.78, 5) is 35.6. The quantitative estimate of drug-likeness (QED) is 0.782. The summed E-state index contributed by atoms with van der Waals surface area (Å²) in [6, 6.07) is 13.4. The summed E-state index contributed by atoms with van der Waals surface area (Å²) >= 11 is 0. The lowest BCUT2D eigenvalue weighted by atomic mass is 10.1. The molecule has 0 aliphatic heterocycles. The Morgan fingerprint density at radius 2 is 1.36 bits per heavy atom. The van der Waals surface area contributed by atoms with Gasteiger partial charge >= 0.3 is 0 Å². The lowest BCUT2D eigenvalue weighted by molar-refractivity contribution is -0.114. The molecule has 0 bridgehead atoms. The second-order valence-corrected chi connectivity index (χ2v) is 5.93. The Kier molecular flexibility index (Phi) is 5.89. The number of hydrogen-bond acceptors (Lipinski definition) is 3. The molecule has 3 N–H and O–H groups in total. The third-order valence-electron chi connectivity index (χ3n) is 3.25. The summed E-state index contributed by atoms with van der Waals surface area (Å²) in [6.45, 7) is 5.16. The summed E-state index contributed by atoms with van der Waals surface area (Å²) in [5, 5.41) is 8.20.